The summed E-state index contributed by atoms with van der Waals surface area (Å²) in [6, 6.07) is 0.194. The van der Waals surface area contributed by atoms with E-state index >= 15 is 0 Å². The summed E-state index contributed by atoms with van der Waals surface area (Å²) in [4.78, 5) is 11.9. The van der Waals surface area contributed by atoms with E-state index < -0.39 is 0 Å². The molecule has 2 atom stereocenters. The summed E-state index contributed by atoms with van der Waals surface area (Å²) in [7, 11) is 0. The summed E-state index contributed by atoms with van der Waals surface area (Å²) in [6.07, 6.45) is 5.33. The van der Waals surface area contributed by atoms with Crippen LogP contribution in [-0.4, -0.2) is 17.3 Å². The lowest BCUT2D eigenvalue weighted by Gasteiger charge is -2.26. The number of carbonyl (C=O) groups excluding carboxylic acids is 1. The Morgan fingerprint density at radius 3 is 2.38 bits per heavy atom. The standard InChI is InChI=1S/C13H24ClNO/c1-9-4-6-12(7-5-9)13(16)15-11(3)8-10(2)14/h9-12H,4-8H2,1-3H3,(H,15,16). The molecule has 1 saturated carbocycles. The van der Waals surface area contributed by atoms with E-state index in [0.29, 0.717) is 0 Å². The number of halogens is 1. The van der Waals surface area contributed by atoms with Crippen LogP contribution in [0.3, 0.4) is 0 Å². The van der Waals surface area contributed by atoms with Crippen LogP contribution in [0.25, 0.3) is 0 Å². The first-order chi connectivity index (χ1) is 7.49. The first kappa shape index (κ1) is 13.8. The zero-order chi connectivity index (χ0) is 12.1. The number of nitrogens with one attached hydrogen (secondary N) is 1. The van der Waals surface area contributed by atoms with Gasteiger partial charge in [0.05, 0.1) is 0 Å². The minimum absolute atomic E-state index is 0.127. The van der Waals surface area contributed by atoms with Crippen LogP contribution < -0.4 is 5.32 Å². The molecule has 1 rings (SSSR count). The molecule has 0 radical (unpaired) electrons. The first-order valence-electron chi connectivity index (χ1n) is 6.43. The third-order valence-corrected chi connectivity index (χ3v) is 3.63. The van der Waals surface area contributed by atoms with Crippen molar-refractivity contribution in [2.75, 3.05) is 0 Å². The SMILES string of the molecule is CC(Cl)CC(C)NC(=O)C1CCC(C)CC1. The summed E-state index contributed by atoms with van der Waals surface area (Å²) in [5, 5.41) is 3.20. The predicted octanol–water partition coefficient (Wildman–Crippen LogP) is 3.33. The molecule has 0 saturated heterocycles. The highest BCUT2D eigenvalue weighted by atomic mass is 35.5. The average Bonchev–Trinajstić information content (AvgIpc) is 2.16. The molecule has 0 aliphatic heterocycles. The molecule has 16 heavy (non-hydrogen) atoms. The predicted molar refractivity (Wildman–Crippen MR) is 68.7 cm³/mol. The fourth-order valence-electron chi connectivity index (χ4n) is 2.43. The topological polar surface area (TPSA) is 29.1 Å². The Kier molecular flexibility index (Phi) is 5.60. The highest BCUT2D eigenvalue weighted by Crippen LogP contribution is 2.28. The van der Waals surface area contributed by atoms with Crippen LogP contribution in [0.15, 0.2) is 0 Å². The lowest BCUT2D eigenvalue weighted by molar-refractivity contribution is -0.126. The van der Waals surface area contributed by atoms with E-state index in [0.717, 1.165) is 25.2 Å². The number of hydrogen-bond acceptors (Lipinski definition) is 1. The van der Waals surface area contributed by atoms with Crippen LogP contribution in [0, 0.1) is 11.8 Å². The van der Waals surface area contributed by atoms with Gasteiger partial charge in [0.25, 0.3) is 0 Å². The zero-order valence-corrected chi connectivity index (χ0v) is 11.4. The largest absolute Gasteiger partial charge is 0.353 e. The molecule has 94 valence electrons. The van der Waals surface area contributed by atoms with Crippen LogP contribution in [0.4, 0.5) is 0 Å². The Balaban J connectivity index is 2.29. The molecule has 0 aromatic heterocycles. The van der Waals surface area contributed by atoms with Gasteiger partial charge in [-0.2, -0.15) is 0 Å². The molecular weight excluding hydrogens is 222 g/mol. The Morgan fingerprint density at radius 1 is 1.31 bits per heavy atom. The molecule has 1 aliphatic rings. The third kappa shape index (κ3) is 4.73. The van der Waals surface area contributed by atoms with Crippen molar-refractivity contribution < 1.29 is 4.79 Å². The molecule has 0 aromatic rings. The van der Waals surface area contributed by atoms with Crippen LogP contribution in [-0.2, 0) is 4.79 Å². The second-order valence-corrected chi connectivity index (χ2v) is 6.13. The van der Waals surface area contributed by atoms with E-state index in [9.17, 15) is 4.79 Å². The number of alkyl halides is 1. The van der Waals surface area contributed by atoms with Gasteiger partial charge in [-0.1, -0.05) is 6.92 Å². The van der Waals surface area contributed by atoms with Gasteiger partial charge in [-0.05, 0) is 51.9 Å². The van der Waals surface area contributed by atoms with Gasteiger partial charge in [-0.25, -0.2) is 0 Å². The Labute approximate surface area is 104 Å². The van der Waals surface area contributed by atoms with Crippen molar-refractivity contribution in [2.45, 2.75) is 64.3 Å². The lowest BCUT2D eigenvalue weighted by Crippen LogP contribution is -2.39. The van der Waals surface area contributed by atoms with E-state index in [2.05, 4.69) is 12.2 Å². The van der Waals surface area contributed by atoms with Gasteiger partial charge in [0.15, 0.2) is 0 Å². The number of amides is 1. The second-order valence-electron chi connectivity index (χ2n) is 5.38. The van der Waals surface area contributed by atoms with Gasteiger partial charge in [0.2, 0.25) is 5.91 Å². The quantitative estimate of drug-likeness (QED) is 0.757. The fraction of sp³-hybridized carbons (Fsp3) is 0.923. The van der Waals surface area contributed by atoms with Crippen molar-refractivity contribution in [3.05, 3.63) is 0 Å². The zero-order valence-electron chi connectivity index (χ0n) is 10.6. The average molecular weight is 246 g/mol. The molecule has 1 aliphatic carbocycles. The molecule has 2 nitrogen and oxygen atoms in total. The van der Waals surface area contributed by atoms with Gasteiger partial charge < -0.3 is 5.32 Å². The molecule has 0 heterocycles. The monoisotopic (exact) mass is 245 g/mol. The van der Waals surface area contributed by atoms with Crippen molar-refractivity contribution in [3.63, 3.8) is 0 Å². The van der Waals surface area contributed by atoms with Crippen LogP contribution >= 0.6 is 11.6 Å². The second kappa shape index (κ2) is 6.48. The summed E-state index contributed by atoms with van der Waals surface area (Å²) in [5.74, 6) is 1.27. The van der Waals surface area contributed by atoms with E-state index in [4.69, 9.17) is 11.6 Å². The smallest absolute Gasteiger partial charge is 0.223 e. The summed E-state index contributed by atoms with van der Waals surface area (Å²) >= 11 is 5.91. The molecule has 2 unspecified atom stereocenters. The minimum Gasteiger partial charge on any atom is -0.353 e. The molecule has 3 heteroatoms. The van der Waals surface area contributed by atoms with Crippen LogP contribution in [0.5, 0.6) is 0 Å². The maximum atomic E-state index is 11.9. The fourth-order valence-corrected chi connectivity index (χ4v) is 2.70. The Hall–Kier alpha value is -0.240. The first-order valence-corrected chi connectivity index (χ1v) is 6.87. The van der Waals surface area contributed by atoms with E-state index in [1.54, 1.807) is 0 Å². The molecule has 1 fully saturated rings. The Morgan fingerprint density at radius 2 is 1.88 bits per heavy atom. The third-order valence-electron chi connectivity index (χ3n) is 3.45. The maximum absolute atomic E-state index is 11.9. The molecule has 0 spiro atoms. The van der Waals surface area contributed by atoms with Gasteiger partial charge >= 0.3 is 0 Å². The highest BCUT2D eigenvalue weighted by molar-refractivity contribution is 6.20. The molecular formula is C13H24ClNO. The van der Waals surface area contributed by atoms with Crippen LogP contribution in [0.2, 0.25) is 0 Å². The summed E-state index contributed by atoms with van der Waals surface area (Å²) in [5.41, 5.74) is 0. The van der Waals surface area contributed by atoms with E-state index in [-0.39, 0.29) is 23.2 Å². The number of carbonyl (C=O) groups is 1. The van der Waals surface area contributed by atoms with Crippen molar-refractivity contribution in [1.29, 1.82) is 0 Å². The van der Waals surface area contributed by atoms with Gasteiger partial charge in [0, 0.05) is 17.3 Å². The van der Waals surface area contributed by atoms with E-state index in [1.165, 1.54) is 12.8 Å². The van der Waals surface area contributed by atoms with Gasteiger partial charge in [-0.15, -0.1) is 11.6 Å². The Bertz CT molecular complexity index is 222. The summed E-state index contributed by atoms with van der Waals surface area (Å²) < 4.78 is 0. The van der Waals surface area contributed by atoms with E-state index in [1.807, 2.05) is 13.8 Å². The molecule has 1 N–H and O–H groups in total. The normalized spacial score (nSPS) is 29.5. The number of hydrogen-bond donors (Lipinski definition) is 1. The number of rotatable bonds is 4. The maximum Gasteiger partial charge on any atom is 0.223 e. The van der Waals surface area contributed by atoms with Crippen molar-refractivity contribution >= 4 is 17.5 Å². The van der Waals surface area contributed by atoms with Gasteiger partial charge in [-0.3, -0.25) is 4.79 Å². The lowest BCUT2D eigenvalue weighted by atomic mass is 9.82. The van der Waals surface area contributed by atoms with Crippen molar-refractivity contribution in [3.8, 4) is 0 Å². The van der Waals surface area contributed by atoms with Crippen molar-refractivity contribution in [1.82, 2.24) is 5.32 Å². The summed E-state index contributed by atoms with van der Waals surface area (Å²) in [6.45, 7) is 6.26. The molecule has 0 bridgehead atoms. The minimum atomic E-state index is 0.127. The highest BCUT2D eigenvalue weighted by Gasteiger charge is 2.25. The van der Waals surface area contributed by atoms with Crippen LogP contribution in [0.1, 0.15) is 52.9 Å². The van der Waals surface area contributed by atoms with Crippen molar-refractivity contribution in [2.24, 2.45) is 11.8 Å². The molecule has 0 aromatic carbocycles. The molecule has 1 amide bonds. The van der Waals surface area contributed by atoms with Gasteiger partial charge in [0.1, 0.15) is 0 Å².